The Balaban J connectivity index is 2.30. The van der Waals surface area contributed by atoms with E-state index in [-0.39, 0.29) is 5.41 Å². The van der Waals surface area contributed by atoms with Gasteiger partial charge in [0, 0.05) is 5.41 Å². The van der Waals surface area contributed by atoms with Gasteiger partial charge in [-0.3, -0.25) is 0 Å². The van der Waals surface area contributed by atoms with Crippen LogP contribution in [0.2, 0.25) is 0 Å². The van der Waals surface area contributed by atoms with E-state index < -0.39 is 0 Å². The fourth-order valence-electron chi connectivity index (χ4n) is 2.94. The van der Waals surface area contributed by atoms with Gasteiger partial charge in [-0.2, -0.15) is 0 Å². The highest BCUT2D eigenvalue weighted by atomic mass is 14.4. The fourth-order valence-corrected chi connectivity index (χ4v) is 2.94. The van der Waals surface area contributed by atoms with Crippen molar-refractivity contribution in [2.45, 2.75) is 26.2 Å². The summed E-state index contributed by atoms with van der Waals surface area (Å²) in [5.74, 6) is 0. The van der Waals surface area contributed by atoms with Crippen LogP contribution in [-0.2, 0) is 5.41 Å². The second-order valence-electron chi connectivity index (χ2n) is 5.54. The number of rotatable bonds is 1. The van der Waals surface area contributed by atoms with Gasteiger partial charge in [0.2, 0.25) is 0 Å². The van der Waals surface area contributed by atoms with Gasteiger partial charge in [0.1, 0.15) is 0 Å². The first kappa shape index (κ1) is 11.3. The van der Waals surface area contributed by atoms with Crippen LogP contribution in [0.15, 0.2) is 60.2 Å². The minimum Gasteiger partial charge on any atom is -0.0622 e. The van der Waals surface area contributed by atoms with Crippen molar-refractivity contribution in [1.29, 1.82) is 0 Å². The summed E-state index contributed by atoms with van der Waals surface area (Å²) in [6, 6.07) is 19.5. The maximum atomic E-state index is 2.32. The molecule has 0 amide bonds. The molecule has 1 aliphatic rings. The van der Waals surface area contributed by atoms with Crippen LogP contribution in [0.4, 0.5) is 0 Å². The Morgan fingerprint density at radius 3 is 2.11 bits per heavy atom. The van der Waals surface area contributed by atoms with E-state index in [4.69, 9.17) is 0 Å². The molecule has 0 spiro atoms. The third-order valence-electron chi connectivity index (χ3n) is 4.24. The minimum absolute atomic E-state index is 0.141. The van der Waals surface area contributed by atoms with Crippen molar-refractivity contribution in [3.63, 3.8) is 0 Å². The van der Waals surface area contributed by atoms with E-state index in [9.17, 15) is 0 Å². The normalized spacial score (nSPS) is 16.8. The molecule has 2 aromatic carbocycles. The lowest BCUT2D eigenvalue weighted by atomic mass is 9.82. The van der Waals surface area contributed by atoms with E-state index in [2.05, 4.69) is 75.4 Å². The molecule has 0 radical (unpaired) electrons. The topological polar surface area (TPSA) is 0 Å². The predicted molar refractivity (Wildman–Crippen MR) is 77.6 cm³/mol. The van der Waals surface area contributed by atoms with Crippen LogP contribution < -0.4 is 0 Å². The number of benzene rings is 2. The zero-order chi connectivity index (χ0) is 12.8. The molecular formula is C18H18. The van der Waals surface area contributed by atoms with Gasteiger partial charge in [0.05, 0.1) is 0 Å². The van der Waals surface area contributed by atoms with Crippen molar-refractivity contribution in [1.82, 2.24) is 0 Å². The van der Waals surface area contributed by atoms with E-state index in [0.717, 1.165) is 0 Å². The van der Waals surface area contributed by atoms with Crippen molar-refractivity contribution in [3.05, 3.63) is 76.9 Å². The molecule has 0 heteroatoms. The van der Waals surface area contributed by atoms with E-state index in [1.807, 2.05) is 0 Å². The van der Waals surface area contributed by atoms with Crippen LogP contribution in [-0.4, -0.2) is 0 Å². The molecule has 0 aliphatic heterocycles. The van der Waals surface area contributed by atoms with E-state index in [1.165, 1.54) is 27.8 Å². The van der Waals surface area contributed by atoms with E-state index >= 15 is 0 Å². The van der Waals surface area contributed by atoms with Crippen LogP contribution in [0.3, 0.4) is 0 Å². The highest BCUT2D eigenvalue weighted by Crippen LogP contribution is 2.47. The predicted octanol–water partition coefficient (Wildman–Crippen LogP) is 4.80. The highest BCUT2D eigenvalue weighted by Gasteiger charge is 2.35. The maximum Gasteiger partial charge on any atom is 0.0118 e. The minimum atomic E-state index is 0.141. The molecule has 0 unspecified atom stereocenters. The van der Waals surface area contributed by atoms with E-state index in [1.54, 1.807) is 0 Å². The summed E-state index contributed by atoms with van der Waals surface area (Å²) >= 11 is 0. The molecule has 3 rings (SSSR count). The summed E-state index contributed by atoms with van der Waals surface area (Å²) in [5, 5.41) is 0. The monoisotopic (exact) mass is 234 g/mol. The molecule has 18 heavy (non-hydrogen) atoms. The van der Waals surface area contributed by atoms with Crippen LogP contribution in [0, 0.1) is 0 Å². The van der Waals surface area contributed by atoms with Gasteiger partial charge in [-0.15, -0.1) is 0 Å². The van der Waals surface area contributed by atoms with Gasteiger partial charge in [0.15, 0.2) is 0 Å². The quantitative estimate of drug-likeness (QED) is 0.665. The van der Waals surface area contributed by atoms with Gasteiger partial charge in [-0.25, -0.2) is 0 Å². The molecule has 0 saturated heterocycles. The van der Waals surface area contributed by atoms with Crippen LogP contribution in [0.1, 0.15) is 37.5 Å². The standard InChI is InChI=1S/C18H18/c1-13-17(14-9-5-4-6-10-14)15-11-7-8-12-16(15)18(13,2)3/h4-12H,1-3H3. The third-order valence-corrected chi connectivity index (χ3v) is 4.24. The lowest BCUT2D eigenvalue weighted by molar-refractivity contribution is 0.639. The lowest BCUT2D eigenvalue weighted by Crippen LogP contribution is -2.15. The van der Waals surface area contributed by atoms with Gasteiger partial charge in [0.25, 0.3) is 0 Å². The summed E-state index contributed by atoms with van der Waals surface area (Å²) < 4.78 is 0. The number of fused-ring (bicyclic) bond motifs is 1. The Bertz CT molecular complexity index is 615. The summed E-state index contributed by atoms with van der Waals surface area (Å²) in [6.07, 6.45) is 0. The third kappa shape index (κ3) is 1.45. The maximum absolute atomic E-state index is 2.32. The summed E-state index contributed by atoms with van der Waals surface area (Å²) in [6.45, 7) is 6.90. The van der Waals surface area contributed by atoms with Crippen molar-refractivity contribution < 1.29 is 0 Å². The highest BCUT2D eigenvalue weighted by molar-refractivity contribution is 5.89. The van der Waals surface area contributed by atoms with Crippen LogP contribution in [0.25, 0.3) is 5.57 Å². The first-order valence-corrected chi connectivity index (χ1v) is 6.49. The Morgan fingerprint density at radius 2 is 1.39 bits per heavy atom. The smallest absolute Gasteiger partial charge is 0.0118 e. The molecular weight excluding hydrogens is 216 g/mol. The summed E-state index contributed by atoms with van der Waals surface area (Å²) in [5.41, 5.74) is 7.19. The molecule has 0 atom stereocenters. The molecule has 0 aromatic heterocycles. The Hall–Kier alpha value is -1.82. The Kier molecular flexibility index (Phi) is 2.41. The van der Waals surface area contributed by atoms with Gasteiger partial charge < -0.3 is 0 Å². The molecule has 0 fully saturated rings. The fraction of sp³-hybridized carbons (Fsp3) is 0.222. The average molecular weight is 234 g/mol. The van der Waals surface area contributed by atoms with Gasteiger partial charge in [-0.05, 0) is 29.2 Å². The van der Waals surface area contributed by atoms with E-state index in [0.29, 0.717) is 0 Å². The largest absolute Gasteiger partial charge is 0.0622 e. The molecule has 0 heterocycles. The first-order valence-electron chi connectivity index (χ1n) is 6.49. The van der Waals surface area contributed by atoms with Crippen molar-refractivity contribution in [2.24, 2.45) is 0 Å². The second kappa shape index (κ2) is 3.84. The molecule has 0 saturated carbocycles. The number of hydrogen-bond acceptors (Lipinski definition) is 0. The lowest BCUT2D eigenvalue weighted by Gasteiger charge is -2.22. The Labute approximate surface area is 109 Å². The molecule has 0 bridgehead atoms. The summed E-state index contributed by atoms with van der Waals surface area (Å²) in [4.78, 5) is 0. The first-order chi connectivity index (χ1) is 8.62. The van der Waals surface area contributed by atoms with Crippen molar-refractivity contribution in [3.8, 4) is 0 Å². The summed E-state index contributed by atoms with van der Waals surface area (Å²) in [7, 11) is 0. The van der Waals surface area contributed by atoms with Crippen molar-refractivity contribution >= 4 is 5.57 Å². The number of allylic oxidation sites excluding steroid dienone is 1. The SMILES string of the molecule is CC1=C(c2ccccc2)c2ccccc2C1(C)C. The zero-order valence-electron chi connectivity index (χ0n) is 11.2. The molecule has 1 aliphatic carbocycles. The van der Waals surface area contributed by atoms with Gasteiger partial charge >= 0.3 is 0 Å². The molecule has 0 N–H and O–H groups in total. The average Bonchev–Trinajstić information content (AvgIpc) is 2.60. The molecule has 2 aromatic rings. The molecule has 90 valence electrons. The van der Waals surface area contributed by atoms with Crippen LogP contribution in [0.5, 0.6) is 0 Å². The van der Waals surface area contributed by atoms with Crippen molar-refractivity contribution in [2.75, 3.05) is 0 Å². The molecule has 0 nitrogen and oxygen atoms in total. The second-order valence-corrected chi connectivity index (χ2v) is 5.54. The van der Waals surface area contributed by atoms with Crippen LogP contribution >= 0.6 is 0 Å². The zero-order valence-corrected chi connectivity index (χ0v) is 11.2. The number of hydrogen-bond donors (Lipinski definition) is 0. The van der Waals surface area contributed by atoms with Gasteiger partial charge in [-0.1, -0.05) is 74.0 Å². The Morgan fingerprint density at radius 1 is 0.778 bits per heavy atom.